The van der Waals surface area contributed by atoms with Crippen LogP contribution in [0.2, 0.25) is 0 Å². The van der Waals surface area contributed by atoms with Gasteiger partial charge in [0.2, 0.25) is 5.91 Å². The summed E-state index contributed by atoms with van der Waals surface area (Å²) in [5.41, 5.74) is 2.13. The molecule has 0 aromatic heterocycles. The smallest absolute Gasteiger partial charge is 0.223 e. The Labute approximate surface area is 110 Å². The fourth-order valence-electron chi connectivity index (χ4n) is 1.70. The number of nitrogens with one attached hydrogen (secondary N) is 1. The van der Waals surface area contributed by atoms with Gasteiger partial charge in [0.25, 0.3) is 0 Å². The number of carbonyl (C=O) groups excluding carboxylic acids is 1. The van der Waals surface area contributed by atoms with Gasteiger partial charge in [-0.3, -0.25) is 4.79 Å². The molecule has 0 aliphatic rings. The molecule has 18 heavy (non-hydrogen) atoms. The van der Waals surface area contributed by atoms with Gasteiger partial charge in [-0.25, -0.2) is 0 Å². The van der Waals surface area contributed by atoms with Crippen molar-refractivity contribution in [3.05, 3.63) is 29.3 Å². The third kappa shape index (κ3) is 5.21. The van der Waals surface area contributed by atoms with Crippen LogP contribution in [0.3, 0.4) is 0 Å². The second-order valence-corrected chi connectivity index (χ2v) is 5.67. The van der Waals surface area contributed by atoms with E-state index in [-0.39, 0.29) is 11.4 Å². The van der Waals surface area contributed by atoms with Crippen LogP contribution in [-0.4, -0.2) is 18.1 Å². The minimum atomic E-state index is -0.184. The van der Waals surface area contributed by atoms with E-state index >= 15 is 0 Å². The Kier molecular flexibility index (Phi) is 4.76. The van der Waals surface area contributed by atoms with Gasteiger partial charge in [0.05, 0.1) is 13.0 Å². The molecule has 0 aliphatic carbocycles. The molecular formula is C15H23NO2. The van der Waals surface area contributed by atoms with Crippen molar-refractivity contribution in [3.63, 3.8) is 0 Å². The summed E-state index contributed by atoms with van der Waals surface area (Å²) in [6.07, 6.45) is 0.380. The number of carbonyl (C=O) groups is 1. The molecule has 0 aliphatic heterocycles. The minimum absolute atomic E-state index is 0.0206. The Morgan fingerprint density at radius 1 is 1.28 bits per heavy atom. The SMILES string of the molecule is Cc1ccc(OCCC(=O)NC(C)(C)C)c(C)c1. The highest BCUT2D eigenvalue weighted by atomic mass is 16.5. The lowest BCUT2D eigenvalue weighted by Crippen LogP contribution is -2.41. The van der Waals surface area contributed by atoms with Crippen molar-refractivity contribution >= 4 is 5.91 Å². The predicted octanol–water partition coefficient (Wildman–Crippen LogP) is 2.99. The summed E-state index contributed by atoms with van der Waals surface area (Å²) in [7, 11) is 0. The first-order valence-corrected chi connectivity index (χ1v) is 6.29. The monoisotopic (exact) mass is 249 g/mol. The third-order valence-electron chi connectivity index (χ3n) is 2.43. The first-order valence-electron chi connectivity index (χ1n) is 6.29. The summed E-state index contributed by atoms with van der Waals surface area (Å²) >= 11 is 0. The summed E-state index contributed by atoms with van der Waals surface area (Å²) in [6.45, 7) is 10.4. The van der Waals surface area contributed by atoms with Gasteiger partial charge in [-0.1, -0.05) is 17.7 Å². The Hall–Kier alpha value is -1.51. The van der Waals surface area contributed by atoms with E-state index in [2.05, 4.69) is 11.4 Å². The van der Waals surface area contributed by atoms with Crippen molar-refractivity contribution in [1.82, 2.24) is 5.32 Å². The number of hydrogen-bond acceptors (Lipinski definition) is 2. The average Bonchev–Trinajstić information content (AvgIpc) is 2.18. The highest BCUT2D eigenvalue weighted by Crippen LogP contribution is 2.18. The lowest BCUT2D eigenvalue weighted by atomic mass is 10.1. The van der Waals surface area contributed by atoms with Gasteiger partial charge >= 0.3 is 0 Å². The molecule has 1 aromatic rings. The molecule has 0 spiro atoms. The molecule has 0 heterocycles. The molecule has 100 valence electrons. The van der Waals surface area contributed by atoms with Gasteiger partial charge in [0, 0.05) is 5.54 Å². The quantitative estimate of drug-likeness (QED) is 0.891. The van der Waals surface area contributed by atoms with E-state index in [1.807, 2.05) is 46.8 Å². The molecule has 0 saturated carbocycles. The maximum atomic E-state index is 11.6. The van der Waals surface area contributed by atoms with E-state index in [4.69, 9.17) is 4.74 Å². The molecule has 3 nitrogen and oxygen atoms in total. The van der Waals surface area contributed by atoms with Crippen molar-refractivity contribution in [3.8, 4) is 5.75 Å². The number of benzene rings is 1. The van der Waals surface area contributed by atoms with Crippen LogP contribution in [0.4, 0.5) is 0 Å². The zero-order valence-electron chi connectivity index (χ0n) is 12.0. The zero-order valence-corrected chi connectivity index (χ0v) is 12.0. The molecule has 1 aromatic carbocycles. The highest BCUT2D eigenvalue weighted by Gasteiger charge is 2.13. The van der Waals surface area contributed by atoms with Gasteiger partial charge in [-0.15, -0.1) is 0 Å². The van der Waals surface area contributed by atoms with E-state index in [1.165, 1.54) is 5.56 Å². The molecule has 0 atom stereocenters. The van der Waals surface area contributed by atoms with Crippen LogP contribution in [0.5, 0.6) is 5.75 Å². The second-order valence-electron chi connectivity index (χ2n) is 5.67. The summed E-state index contributed by atoms with van der Waals surface area (Å²) in [4.78, 5) is 11.6. The van der Waals surface area contributed by atoms with Crippen molar-refractivity contribution in [1.29, 1.82) is 0 Å². The Bertz CT molecular complexity index is 419. The van der Waals surface area contributed by atoms with Gasteiger partial charge in [0.15, 0.2) is 0 Å². The van der Waals surface area contributed by atoms with Crippen molar-refractivity contribution in [2.75, 3.05) is 6.61 Å². The first-order chi connectivity index (χ1) is 8.28. The van der Waals surface area contributed by atoms with E-state index < -0.39 is 0 Å². The second kappa shape index (κ2) is 5.89. The van der Waals surface area contributed by atoms with Crippen LogP contribution < -0.4 is 10.1 Å². The van der Waals surface area contributed by atoms with Crippen LogP contribution in [-0.2, 0) is 4.79 Å². The van der Waals surface area contributed by atoms with Gasteiger partial charge in [-0.2, -0.15) is 0 Å². The number of ether oxygens (including phenoxy) is 1. The molecule has 0 bridgehead atoms. The highest BCUT2D eigenvalue weighted by molar-refractivity contribution is 5.76. The summed E-state index contributed by atoms with van der Waals surface area (Å²) in [6, 6.07) is 6.04. The number of rotatable bonds is 4. The summed E-state index contributed by atoms with van der Waals surface area (Å²) < 4.78 is 5.62. The normalized spacial score (nSPS) is 11.2. The number of hydrogen-bond donors (Lipinski definition) is 1. The molecule has 1 rings (SSSR count). The van der Waals surface area contributed by atoms with Crippen LogP contribution in [0.1, 0.15) is 38.3 Å². The maximum Gasteiger partial charge on any atom is 0.223 e. The van der Waals surface area contributed by atoms with Crippen molar-refractivity contribution in [2.24, 2.45) is 0 Å². The van der Waals surface area contributed by atoms with E-state index in [0.717, 1.165) is 11.3 Å². The third-order valence-corrected chi connectivity index (χ3v) is 2.43. The molecule has 1 amide bonds. The Morgan fingerprint density at radius 3 is 2.50 bits per heavy atom. The van der Waals surface area contributed by atoms with Crippen LogP contribution in [0.25, 0.3) is 0 Å². The van der Waals surface area contributed by atoms with E-state index in [0.29, 0.717) is 13.0 Å². The lowest BCUT2D eigenvalue weighted by Gasteiger charge is -2.20. The molecular weight excluding hydrogens is 226 g/mol. The van der Waals surface area contributed by atoms with Crippen LogP contribution in [0, 0.1) is 13.8 Å². The largest absolute Gasteiger partial charge is 0.493 e. The minimum Gasteiger partial charge on any atom is -0.493 e. The van der Waals surface area contributed by atoms with Crippen molar-refractivity contribution < 1.29 is 9.53 Å². The van der Waals surface area contributed by atoms with Crippen molar-refractivity contribution in [2.45, 2.75) is 46.6 Å². The van der Waals surface area contributed by atoms with Crippen LogP contribution >= 0.6 is 0 Å². The average molecular weight is 249 g/mol. The molecule has 0 radical (unpaired) electrons. The van der Waals surface area contributed by atoms with Gasteiger partial charge < -0.3 is 10.1 Å². The summed E-state index contributed by atoms with van der Waals surface area (Å²) in [5.74, 6) is 0.872. The van der Waals surface area contributed by atoms with Gasteiger partial charge in [-0.05, 0) is 46.2 Å². The summed E-state index contributed by atoms with van der Waals surface area (Å²) in [5, 5.41) is 2.91. The number of amides is 1. The Balaban J connectivity index is 2.40. The maximum absolute atomic E-state index is 11.6. The Morgan fingerprint density at radius 2 is 1.94 bits per heavy atom. The van der Waals surface area contributed by atoms with Crippen LogP contribution in [0.15, 0.2) is 18.2 Å². The predicted molar refractivity (Wildman–Crippen MR) is 73.9 cm³/mol. The topological polar surface area (TPSA) is 38.3 Å². The standard InChI is InChI=1S/C15H23NO2/c1-11-6-7-13(12(2)10-11)18-9-8-14(17)16-15(3,4)5/h6-7,10H,8-9H2,1-5H3,(H,16,17). The number of aryl methyl sites for hydroxylation is 2. The van der Waals surface area contributed by atoms with E-state index in [9.17, 15) is 4.79 Å². The van der Waals surface area contributed by atoms with Gasteiger partial charge in [0.1, 0.15) is 5.75 Å². The fraction of sp³-hybridized carbons (Fsp3) is 0.533. The molecule has 3 heteroatoms. The lowest BCUT2D eigenvalue weighted by molar-refractivity contribution is -0.122. The molecule has 1 N–H and O–H groups in total. The first kappa shape index (κ1) is 14.6. The molecule has 0 fully saturated rings. The van der Waals surface area contributed by atoms with E-state index in [1.54, 1.807) is 0 Å². The molecule has 0 unspecified atom stereocenters. The fourth-order valence-corrected chi connectivity index (χ4v) is 1.70. The zero-order chi connectivity index (χ0) is 13.8. The molecule has 0 saturated heterocycles.